The molecular formula is C12H17N3O3. The topological polar surface area (TPSA) is 75.5 Å². The Bertz CT molecular complexity index is 421. The number of likely N-dealkylation sites (N-methyl/N-ethyl adjacent to an activating group) is 1. The Hall–Kier alpha value is -1.69. The van der Waals surface area contributed by atoms with Gasteiger partial charge in [0.15, 0.2) is 11.5 Å². The van der Waals surface area contributed by atoms with Gasteiger partial charge in [-0.2, -0.15) is 0 Å². The van der Waals surface area contributed by atoms with Crippen LogP contribution >= 0.6 is 0 Å². The van der Waals surface area contributed by atoms with Gasteiger partial charge in [0.2, 0.25) is 0 Å². The maximum Gasteiger partial charge on any atom is 0.358 e. The lowest BCUT2D eigenvalue weighted by Crippen LogP contribution is -2.26. The molecule has 0 aromatic carbocycles. The summed E-state index contributed by atoms with van der Waals surface area (Å²) in [5.41, 5.74) is -0.0257. The summed E-state index contributed by atoms with van der Waals surface area (Å²) in [4.78, 5) is 20.6. The molecule has 0 spiro atoms. The summed E-state index contributed by atoms with van der Waals surface area (Å²) in [6, 6.07) is 0. The van der Waals surface area contributed by atoms with Crippen LogP contribution in [-0.4, -0.2) is 47.8 Å². The zero-order chi connectivity index (χ0) is 13.0. The summed E-state index contributed by atoms with van der Waals surface area (Å²) in [6.07, 6.45) is 5.40. The van der Waals surface area contributed by atoms with Gasteiger partial charge < -0.3 is 14.7 Å². The monoisotopic (exact) mass is 251 g/mol. The number of carboxylic acid groups (broad SMARTS) is 1. The Morgan fingerprint density at radius 3 is 2.89 bits per heavy atom. The van der Waals surface area contributed by atoms with Crippen LogP contribution in [-0.2, 0) is 4.74 Å². The summed E-state index contributed by atoms with van der Waals surface area (Å²) in [7, 11) is 1.79. The fourth-order valence-electron chi connectivity index (χ4n) is 1.60. The molecule has 1 aliphatic rings. The van der Waals surface area contributed by atoms with E-state index in [0.717, 1.165) is 12.5 Å². The molecule has 0 aliphatic heterocycles. The maximum atomic E-state index is 11.0. The Morgan fingerprint density at radius 1 is 1.50 bits per heavy atom. The highest BCUT2D eigenvalue weighted by molar-refractivity contribution is 5.90. The molecule has 6 heteroatoms. The normalized spacial score (nSPS) is 14.5. The minimum Gasteiger partial charge on any atom is -0.476 e. The second-order valence-corrected chi connectivity index (χ2v) is 4.47. The molecule has 0 unspecified atom stereocenters. The van der Waals surface area contributed by atoms with E-state index in [1.807, 2.05) is 0 Å². The van der Waals surface area contributed by atoms with Crippen molar-refractivity contribution in [2.75, 3.05) is 31.7 Å². The Balaban J connectivity index is 1.86. The van der Waals surface area contributed by atoms with Crippen molar-refractivity contribution in [3.63, 3.8) is 0 Å². The van der Waals surface area contributed by atoms with Gasteiger partial charge in [0.05, 0.1) is 6.61 Å². The molecule has 1 fully saturated rings. The summed E-state index contributed by atoms with van der Waals surface area (Å²) < 4.78 is 5.51. The number of carbonyl (C=O) groups is 1. The first kappa shape index (κ1) is 12.8. The molecule has 1 saturated carbocycles. The summed E-state index contributed by atoms with van der Waals surface area (Å²) in [6.45, 7) is 1.98. The third kappa shape index (κ3) is 3.40. The quantitative estimate of drug-likeness (QED) is 0.730. The predicted molar refractivity (Wildman–Crippen MR) is 65.8 cm³/mol. The van der Waals surface area contributed by atoms with Gasteiger partial charge in [-0.25, -0.2) is 14.8 Å². The van der Waals surface area contributed by atoms with Gasteiger partial charge in [-0.05, 0) is 18.8 Å². The van der Waals surface area contributed by atoms with E-state index in [-0.39, 0.29) is 5.69 Å². The summed E-state index contributed by atoms with van der Waals surface area (Å²) in [5, 5.41) is 9.01. The number of hydrogen-bond acceptors (Lipinski definition) is 5. The average Bonchev–Trinajstić information content (AvgIpc) is 3.18. The molecule has 2 rings (SSSR count). The van der Waals surface area contributed by atoms with Crippen molar-refractivity contribution < 1.29 is 14.6 Å². The molecule has 1 aromatic rings. The van der Waals surface area contributed by atoms with Gasteiger partial charge >= 0.3 is 5.97 Å². The first-order valence-corrected chi connectivity index (χ1v) is 6.01. The number of rotatable bonds is 7. The van der Waals surface area contributed by atoms with Crippen molar-refractivity contribution in [3.05, 3.63) is 18.1 Å². The van der Waals surface area contributed by atoms with E-state index < -0.39 is 5.97 Å². The fourth-order valence-corrected chi connectivity index (χ4v) is 1.60. The molecule has 1 aromatic heterocycles. The van der Waals surface area contributed by atoms with Gasteiger partial charge in [-0.15, -0.1) is 0 Å². The van der Waals surface area contributed by atoms with Crippen molar-refractivity contribution >= 4 is 11.8 Å². The van der Waals surface area contributed by atoms with Crippen LogP contribution in [0.4, 0.5) is 5.82 Å². The highest BCUT2D eigenvalue weighted by Crippen LogP contribution is 2.28. The smallest absolute Gasteiger partial charge is 0.358 e. The van der Waals surface area contributed by atoms with E-state index in [2.05, 4.69) is 9.97 Å². The van der Waals surface area contributed by atoms with Crippen LogP contribution in [0.1, 0.15) is 23.3 Å². The van der Waals surface area contributed by atoms with Gasteiger partial charge in [-0.1, -0.05) is 0 Å². The maximum absolute atomic E-state index is 11.0. The van der Waals surface area contributed by atoms with Crippen LogP contribution in [0.5, 0.6) is 0 Å². The van der Waals surface area contributed by atoms with E-state index in [9.17, 15) is 4.79 Å². The van der Waals surface area contributed by atoms with Crippen LogP contribution in [0.25, 0.3) is 0 Å². The third-order valence-corrected chi connectivity index (χ3v) is 2.86. The lowest BCUT2D eigenvalue weighted by molar-refractivity contribution is 0.0690. The van der Waals surface area contributed by atoms with E-state index in [0.29, 0.717) is 19.0 Å². The number of aromatic nitrogens is 2. The molecular weight excluding hydrogens is 234 g/mol. The van der Waals surface area contributed by atoms with E-state index in [1.54, 1.807) is 11.9 Å². The molecule has 0 atom stereocenters. The molecule has 1 aliphatic carbocycles. The van der Waals surface area contributed by atoms with E-state index in [1.165, 1.54) is 25.2 Å². The Labute approximate surface area is 106 Å². The predicted octanol–water partition coefficient (Wildman–Crippen LogP) is 1.04. The van der Waals surface area contributed by atoms with Gasteiger partial charge in [0, 0.05) is 32.6 Å². The lowest BCUT2D eigenvalue weighted by atomic mass is 10.3. The van der Waals surface area contributed by atoms with Crippen molar-refractivity contribution in [2.45, 2.75) is 12.8 Å². The van der Waals surface area contributed by atoms with Crippen molar-refractivity contribution in [3.8, 4) is 0 Å². The largest absolute Gasteiger partial charge is 0.476 e. The molecule has 0 radical (unpaired) electrons. The van der Waals surface area contributed by atoms with Crippen LogP contribution in [0.15, 0.2) is 12.4 Å². The second kappa shape index (κ2) is 5.77. The lowest BCUT2D eigenvalue weighted by Gasteiger charge is -2.18. The summed E-state index contributed by atoms with van der Waals surface area (Å²) >= 11 is 0. The first-order chi connectivity index (χ1) is 8.68. The van der Waals surface area contributed by atoms with Crippen molar-refractivity contribution in [1.29, 1.82) is 0 Å². The number of ether oxygens (including phenoxy) is 1. The van der Waals surface area contributed by atoms with Crippen molar-refractivity contribution in [1.82, 2.24) is 9.97 Å². The number of hydrogen-bond donors (Lipinski definition) is 1. The Morgan fingerprint density at radius 2 is 2.22 bits per heavy atom. The minimum atomic E-state index is -1.07. The van der Waals surface area contributed by atoms with Crippen LogP contribution < -0.4 is 4.90 Å². The fraction of sp³-hybridized carbons (Fsp3) is 0.583. The third-order valence-electron chi connectivity index (χ3n) is 2.86. The molecule has 0 amide bonds. The SMILES string of the molecule is CN(CCOCC1CC1)c1nccnc1C(=O)O. The second-order valence-electron chi connectivity index (χ2n) is 4.47. The van der Waals surface area contributed by atoms with E-state index >= 15 is 0 Å². The van der Waals surface area contributed by atoms with E-state index in [4.69, 9.17) is 9.84 Å². The number of aromatic carboxylic acids is 1. The van der Waals surface area contributed by atoms with Gasteiger partial charge in [0.25, 0.3) is 0 Å². The number of carboxylic acids is 1. The number of nitrogens with zero attached hydrogens (tertiary/aromatic N) is 3. The highest BCUT2D eigenvalue weighted by atomic mass is 16.5. The molecule has 0 saturated heterocycles. The zero-order valence-corrected chi connectivity index (χ0v) is 10.4. The van der Waals surface area contributed by atoms with Crippen LogP contribution in [0.3, 0.4) is 0 Å². The van der Waals surface area contributed by atoms with Gasteiger partial charge in [-0.3, -0.25) is 0 Å². The summed E-state index contributed by atoms with van der Waals surface area (Å²) in [5.74, 6) is 0.0466. The van der Waals surface area contributed by atoms with Crippen LogP contribution in [0, 0.1) is 5.92 Å². The molecule has 1 N–H and O–H groups in total. The molecule has 6 nitrogen and oxygen atoms in total. The minimum absolute atomic E-state index is 0.0257. The average molecular weight is 251 g/mol. The molecule has 0 bridgehead atoms. The zero-order valence-electron chi connectivity index (χ0n) is 10.4. The molecule has 1 heterocycles. The first-order valence-electron chi connectivity index (χ1n) is 6.01. The molecule has 18 heavy (non-hydrogen) atoms. The number of anilines is 1. The standard InChI is InChI=1S/C12H17N3O3/c1-15(6-7-18-8-9-2-3-9)11-10(12(16)17)13-4-5-14-11/h4-5,9H,2-3,6-8H2,1H3,(H,16,17). The van der Waals surface area contributed by atoms with Gasteiger partial charge in [0.1, 0.15) is 0 Å². The Kier molecular flexibility index (Phi) is 4.09. The molecule has 98 valence electrons. The van der Waals surface area contributed by atoms with Crippen LogP contribution in [0.2, 0.25) is 0 Å². The van der Waals surface area contributed by atoms with Crippen molar-refractivity contribution in [2.24, 2.45) is 5.92 Å². The highest BCUT2D eigenvalue weighted by Gasteiger charge is 2.21.